The zero-order chi connectivity index (χ0) is 38.2. The van der Waals surface area contributed by atoms with Gasteiger partial charge in [0.1, 0.15) is 0 Å². The zero-order valence-corrected chi connectivity index (χ0v) is 33.0. The Morgan fingerprint density at radius 2 is 0.897 bits per heavy atom. The van der Waals surface area contributed by atoms with Crippen molar-refractivity contribution in [1.29, 1.82) is 0 Å². The predicted octanol–water partition coefficient (Wildman–Crippen LogP) is 16.3. The molecule has 0 aliphatic carbocycles. The largest absolute Gasteiger partial charge is 0.309 e. The van der Waals surface area contributed by atoms with E-state index in [4.69, 9.17) is 0 Å². The normalized spacial score (nSPS) is 11.8. The Hall–Kier alpha value is -6.98. The maximum Gasteiger partial charge on any atom is 0.0640 e. The maximum absolute atomic E-state index is 2.46. The van der Waals surface area contributed by atoms with E-state index >= 15 is 0 Å². The molecule has 58 heavy (non-hydrogen) atoms. The average molecular weight is 775 g/mol. The van der Waals surface area contributed by atoms with Gasteiger partial charge in [-0.05, 0) is 76.9 Å². The van der Waals surface area contributed by atoms with Gasteiger partial charge in [0, 0.05) is 63.5 Å². The van der Waals surface area contributed by atoms with Crippen LogP contribution in [0.25, 0.3) is 90.1 Å². The van der Waals surface area contributed by atoms with Crippen LogP contribution in [0, 0.1) is 0 Å². The molecule has 0 unspecified atom stereocenters. The molecule has 3 heterocycles. The molecular formula is C54H34N2S2. The number of nitrogens with zero attached hydrogens (tertiary/aromatic N) is 2. The number of para-hydroxylation sites is 2. The number of hydrogen-bond donors (Lipinski definition) is 0. The van der Waals surface area contributed by atoms with E-state index in [2.05, 4.69) is 216 Å². The highest BCUT2D eigenvalue weighted by Gasteiger charge is 2.21. The van der Waals surface area contributed by atoms with Crippen molar-refractivity contribution in [1.82, 2.24) is 4.57 Å². The molecule has 0 saturated heterocycles. The van der Waals surface area contributed by atoms with Crippen molar-refractivity contribution in [3.63, 3.8) is 0 Å². The van der Waals surface area contributed by atoms with Crippen molar-refractivity contribution >= 4 is 102 Å². The lowest BCUT2D eigenvalue weighted by Gasteiger charge is -2.26. The van der Waals surface area contributed by atoms with E-state index in [1.165, 1.54) is 90.1 Å². The van der Waals surface area contributed by atoms with Gasteiger partial charge in [0.2, 0.25) is 0 Å². The summed E-state index contributed by atoms with van der Waals surface area (Å²) in [4.78, 5) is 2.46. The molecule has 272 valence electrons. The van der Waals surface area contributed by atoms with Gasteiger partial charge in [0.15, 0.2) is 0 Å². The quantitative estimate of drug-likeness (QED) is 0.163. The topological polar surface area (TPSA) is 8.17 Å². The SMILES string of the molecule is c1ccc(-c2cccc3c2sc2c(-c4ccc(N(c5ccc6c7ccccc7n(-c7ccccc7)c6c5)c5cccc6c5sc5ccccc56)cc4)cccc23)cc1. The second-order valence-corrected chi connectivity index (χ2v) is 16.9. The van der Waals surface area contributed by atoms with E-state index in [-0.39, 0.29) is 0 Å². The van der Waals surface area contributed by atoms with Gasteiger partial charge in [-0.25, -0.2) is 0 Å². The van der Waals surface area contributed by atoms with Crippen molar-refractivity contribution in [3.8, 4) is 27.9 Å². The molecule has 12 aromatic rings. The molecule has 0 amide bonds. The standard InChI is InChI=1S/C54H34N2S2/c1-3-14-35(15-4-1)40-20-11-22-46-47-23-12-21-41(53(47)58-52(40)46)36-28-30-38(31-29-36)55(49-26-13-24-45-44-19-8-10-27-51(44)57-54(45)49)39-32-33-43-42-18-7-9-25-48(42)56(50(43)34-39)37-16-5-2-6-17-37/h1-34H. The van der Waals surface area contributed by atoms with Crippen LogP contribution in [0.3, 0.4) is 0 Å². The average Bonchev–Trinajstić information content (AvgIpc) is 3.97. The number of hydrogen-bond acceptors (Lipinski definition) is 3. The van der Waals surface area contributed by atoms with E-state index < -0.39 is 0 Å². The lowest BCUT2D eigenvalue weighted by atomic mass is 10.00. The first-order valence-corrected chi connectivity index (χ1v) is 21.3. The Kier molecular flexibility index (Phi) is 7.62. The molecule has 0 fully saturated rings. The number of anilines is 3. The fourth-order valence-electron chi connectivity index (χ4n) is 8.97. The summed E-state index contributed by atoms with van der Waals surface area (Å²) < 4.78 is 7.63. The molecule has 0 bridgehead atoms. The Balaban J connectivity index is 1.05. The van der Waals surface area contributed by atoms with Crippen LogP contribution < -0.4 is 4.90 Å². The lowest BCUT2D eigenvalue weighted by Crippen LogP contribution is -2.10. The molecule has 4 heteroatoms. The minimum Gasteiger partial charge on any atom is -0.309 e. The molecule has 2 nitrogen and oxygen atoms in total. The molecular weight excluding hydrogens is 741 g/mol. The van der Waals surface area contributed by atoms with Crippen molar-refractivity contribution in [2.45, 2.75) is 0 Å². The van der Waals surface area contributed by atoms with Gasteiger partial charge in [0.25, 0.3) is 0 Å². The Labute approximate surface area is 343 Å². The summed E-state index contributed by atoms with van der Waals surface area (Å²) in [5, 5.41) is 7.69. The van der Waals surface area contributed by atoms with Crippen LogP contribution >= 0.6 is 22.7 Å². The van der Waals surface area contributed by atoms with Gasteiger partial charge in [-0.15, -0.1) is 22.7 Å². The molecule has 9 aromatic carbocycles. The maximum atomic E-state index is 2.46. The molecule has 0 radical (unpaired) electrons. The summed E-state index contributed by atoms with van der Waals surface area (Å²) >= 11 is 3.77. The Bertz CT molecular complexity index is 3500. The van der Waals surface area contributed by atoms with Crippen LogP contribution in [-0.2, 0) is 0 Å². The molecule has 0 saturated carbocycles. The summed E-state index contributed by atoms with van der Waals surface area (Å²) in [5.74, 6) is 0. The third-order valence-corrected chi connectivity index (χ3v) is 14.1. The number of fused-ring (bicyclic) bond motifs is 9. The summed E-state index contributed by atoms with van der Waals surface area (Å²) in [5.41, 5.74) is 12.0. The van der Waals surface area contributed by atoms with Crippen LogP contribution in [0.15, 0.2) is 206 Å². The van der Waals surface area contributed by atoms with Gasteiger partial charge >= 0.3 is 0 Å². The molecule has 0 N–H and O–H groups in total. The lowest BCUT2D eigenvalue weighted by molar-refractivity contribution is 1.18. The van der Waals surface area contributed by atoms with Crippen molar-refractivity contribution in [2.75, 3.05) is 4.90 Å². The highest BCUT2D eigenvalue weighted by Crippen LogP contribution is 2.48. The zero-order valence-electron chi connectivity index (χ0n) is 31.3. The molecule has 0 atom stereocenters. The fourth-order valence-corrected chi connectivity index (χ4v) is 11.5. The van der Waals surface area contributed by atoms with Crippen molar-refractivity contribution in [2.24, 2.45) is 0 Å². The van der Waals surface area contributed by atoms with Crippen LogP contribution in [-0.4, -0.2) is 4.57 Å². The van der Waals surface area contributed by atoms with Crippen LogP contribution in [0.5, 0.6) is 0 Å². The van der Waals surface area contributed by atoms with Gasteiger partial charge in [-0.1, -0.05) is 152 Å². The number of benzene rings is 9. The molecule has 0 spiro atoms. The molecule has 0 aliphatic heterocycles. The third-order valence-electron chi connectivity index (χ3n) is 11.6. The van der Waals surface area contributed by atoms with E-state index in [9.17, 15) is 0 Å². The molecule has 12 rings (SSSR count). The van der Waals surface area contributed by atoms with Gasteiger partial charge in [-0.3, -0.25) is 0 Å². The monoisotopic (exact) mass is 774 g/mol. The Morgan fingerprint density at radius 1 is 0.345 bits per heavy atom. The first kappa shape index (κ1) is 33.2. The first-order chi connectivity index (χ1) is 28.8. The van der Waals surface area contributed by atoms with Gasteiger partial charge < -0.3 is 9.47 Å². The second-order valence-electron chi connectivity index (χ2n) is 14.9. The van der Waals surface area contributed by atoms with E-state index in [0.717, 1.165) is 17.1 Å². The number of rotatable bonds is 6. The van der Waals surface area contributed by atoms with Crippen LogP contribution in [0.2, 0.25) is 0 Å². The number of thiophene rings is 2. The number of aromatic nitrogens is 1. The van der Waals surface area contributed by atoms with Crippen molar-refractivity contribution in [3.05, 3.63) is 206 Å². The minimum absolute atomic E-state index is 1.12. The van der Waals surface area contributed by atoms with Crippen molar-refractivity contribution < 1.29 is 0 Å². The summed E-state index contributed by atoms with van der Waals surface area (Å²) in [6.07, 6.45) is 0. The third kappa shape index (κ3) is 5.16. The van der Waals surface area contributed by atoms with Crippen LogP contribution in [0.4, 0.5) is 17.1 Å². The highest BCUT2D eigenvalue weighted by atomic mass is 32.1. The van der Waals surface area contributed by atoms with Crippen LogP contribution in [0.1, 0.15) is 0 Å². The highest BCUT2D eigenvalue weighted by molar-refractivity contribution is 7.27. The van der Waals surface area contributed by atoms with Gasteiger partial charge in [-0.2, -0.15) is 0 Å². The Morgan fingerprint density at radius 3 is 1.64 bits per heavy atom. The molecule has 3 aromatic heterocycles. The smallest absolute Gasteiger partial charge is 0.0640 e. The van der Waals surface area contributed by atoms with E-state index in [1.54, 1.807) is 0 Å². The predicted molar refractivity (Wildman–Crippen MR) is 252 cm³/mol. The summed E-state index contributed by atoms with van der Waals surface area (Å²) in [6.45, 7) is 0. The summed E-state index contributed by atoms with van der Waals surface area (Å²) in [6, 6.07) is 75.5. The minimum atomic E-state index is 1.12. The van der Waals surface area contributed by atoms with E-state index in [0.29, 0.717) is 0 Å². The van der Waals surface area contributed by atoms with E-state index in [1.807, 2.05) is 22.7 Å². The molecule has 0 aliphatic rings. The summed E-state index contributed by atoms with van der Waals surface area (Å²) in [7, 11) is 0. The second kappa shape index (κ2) is 13.3. The fraction of sp³-hybridized carbons (Fsp3) is 0. The van der Waals surface area contributed by atoms with Gasteiger partial charge in [0.05, 0.1) is 21.4 Å². The first-order valence-electron chi connectivity index (χ1n) is 19.7.